The third-order valence-electron chi connectivity index (χ3n) is 4.54. The maximum Gasteiger partial charge on any atom is 0.0191 e. The Morgan fingerprint density at radius 3 is 2.38 bits per heavy atom. The van der Waals surface area contributed by atoms with Gasteiger partial charge in [-0.05, 0) is 44.7 Å². The number of hydrogen-bond acceptors (Lipinski definition) is 2. The van der Waals surface area contributed by atoms with Crippen molar-refractivity contribution in [2.75, 3.05) is 26.7 Å². The Morgan fingerprint density at radius 2 is 1.94 bits per heavy atom. The fourth-order valence-electron chi connectivity index (χ4n) is 3.00. The third-order valence-corrected chi connectivity index (χ3v) is 4.54. The van der Waals surface area contributed by atoms with Crippen molar-refractivity contribution in [1.82, 2.24) is 10.2 Å². The van der Waals surface area contributed by atoms with E-state index < -0.39 is 0 Å². The van der Waals surface area contributed by atoms with Gasteiger partial charge in [0.05, 0.1) is 0 Å². The van der Waals surface area contributed by atoms with E-state index in [4.69, 9.17) is 0 Å². The van der Waals surface area contributed by atoms with Gasteiger partial charge < -0.3 is 10.2 Å². The lowest BCUT2D eigenvalue weighted by Crippen LogP contribution is -2.39. The molecule has 0 spiro atoms. The molecular weight excluding hydrogens is 196 g/mol. The first kappa shape index (κ1) is 14.0. The zero-order chi connectivity index (χ0) is 12.0. The monoisotopic (exact) mass is 226 g/mol. The molecule has 0 radical (unpaired) electrons. The predicted molar refractivity (Wildman–Crippen MR) is 71.8 cm³/mol. The Hall–Kier alpha value is -0.0800. The molecule has 2 nitrogen and oxygen atoms in total. The Bertz CT molecular complexity index is 187. The van der Waals surface area contributed by atoms with E-state index in [1.807, 2.05) is 0 Å². The second kappa shape index (κ2) is 6.61. The molecule has 1 aliphatic rings. The van der Waals surface area contributed by atoms with Crippen LogP contribution in [0.25, 0.3) is 0 Å². The fraction of sp³-hybridized carbons (Fsp3) is 1.00. The molecule has 0 saturated carbocycles. The molecule has 0 aromatic heterocycles. The lowest BCUT2D eigenvalue weighted by atomic mass is 9.82. The number of likely N-dealkylation sites (tertiary alicyclic amines) is 1. The summed E-state index contributed by atoms with van der Waals surface area (Å²) in [5, 5.41) is 3.45. The van der Waals surface area contributed by atoms with Crippen molar-refractivity contribution in [2.45, 2.75) is 58.9 Å². The highest BCUT2D eigenvalue weighted by atomic mass is 15.2. The maximum atomic E-state index is 3.45. The van der Waals surface area contributed by atoms with E-state index >= 15 is 0 Å². The summed E-state index contributed by atoms with van der Waals surface area (Å²) >= 11 is 0. The van der Waals surface area contributed by atoms with Crippen LogP contribution in [0, 0.1) is 5.41 Å². The van der Waals surface area contributed by atoms with E-state index in [9.17, 15) is 0 Å². The molecule has 0 bridgehead atoms. The fourth-order valence-corrected chi connectivity index (χ4v) is 3.00. The average Bonchev–Trinajstić information content (AvgIpc) is 2.73. The van der Waals surface area contributed by atoms with Crippen molar-refractivity contribution < 1.29 is 0 Å². The summed E-state index contributed by atoms with van der Waals surface area (Å²) in [5.41, 5.74) is 0.629. The molecule has 1 atom stereocenters. The summed E-state index contributed by atoms with van der Waals surface area (Å²) in [6.07, 6.45) is 6.68. The Balaban J connectivity index is 2.40. The highest BCUT2D eigenvalue weighted by Crippen LogP contribution is 2.36. The standard InChI is InChI=1S/C14H30N2/c1-5-8-13(15-4)11-16-10-9-14(6-2,7-3)12-16/h13,15H,5-12H2,1-4H3. The van der Waals surface area contributed by atoms with Crippen LogP contribution in [-0.2, 0) is 0 Å². The van der Waals surface area contributed by atoms with Crippen LogP contribution in [0.15, 0.2) is 0 Å². The first-order chi connectivity index (χ1) is 7.69. The van der Waals surface area contributed by atoms with Gasteiger partial charge in [-0.25, -0.2) is 0 Å². The number of likely N-dealkylation sites (N-methyl/N-ethyl adjacent to an activating group) is 1. The quantitative estimate of drug-likeness (QED) is 0.718. The average molecular weight is 226 g/mol. The van der Waals surface area contributed by atoms with Gasteiger partial charge in [-0.15, -0.1) is 0 Å². The molecule has 16 heavy (non-hydrogen) atoms. The van der Waals surface area contributed by atoms with E-state index in [2.05, 4.69) is 38.0 Å². The van der Waals surface area contributed by atoms with Crippen molar-refractivity contribution in [3.05, 3.63) is 0 Å². The molecule has 1 heterocycles. The number of nitrogens with zero attached hydrogens (tertiary/aromatic N) is 1. The molecule has 0 aromatic rings. The summed E-state index contributed by atoms with van der Waals surface area (Å²) in [6.45, 7) is 10.9. The van der Waals surface area contributed by atoms with E-state index in [0.717, 1.165) is 0 Å². The molecular formula is C14H30N2. The van der Waals surface area contributed by atoms with Gasteiger partial charge >= 0.3 is 0 Å². The lowest BCUT2D eigenvalue weighted by molar-refractivity contribution is 0.224. The SMILES string of the molecule is CCCC(CN1CCC(CC)(CC)C1)NC. The minimum absolute atomic E-state index is 0.629. The number of nitrogens with one attached hydrogen (secondary N) is 1. The molecule has 1 aliphatic heterocycles. The van der Waals surface area contributed by atoms with Crippen LogP contribution >= 0.6 is 0 Å². The van der Waals surface area contributed by atoms with E-state index in [0.29, 0.717) is 11.5 Å². The maximum absolute atomic E-state index is 3.45. The van der Waals surface area contributed by atoms with E-state index in [1.54, 1.807) is 0 Å². The molecule has 2 heteroatoms. The summed E-state index contributed by atoms with van der Waals surface area (Å²) in [7, 11) is 2.10. The van der Waals surface area contributed by atoms with Crippen LogP contribution in [0.1, 0.15) is 52.9 Å². The first-order valence-electron chi connectivity index (χ1n) is 7.09. The van der Waals surface area contributed by atoms with Crippen molar-refractivity contribution in [3.8, 4) is 0 Å². The van der Waals surface area contributed by atoms with Crippen LogP contribution in [0.2, 0.25) is 0 Å². The molecule has 1 rings (SSSR count). The van der Waals surface area contributed by atoms with Gasteiger partial charge in [0.2, 0.25) is 0 Å². The molecule has 0 aliphatic carbocycles. The summed E-state index contributed by atoms with van der Waals surface area (Å²) in [5.74, 6) is 0. The van der Waals surface area contributed by atoms with Crippen LogP contribution in [-0.4, -0.2) is 37.6 Å². The Kier molecular flexibility index (Phi) is 5.77. The largest absolute Gasteiger partial charge is 0.316 e. The normalized spacial score (nSPS) is 22.5. The van der Waals surface area contributed by atoms with E-state index in [-0.39, 0.29) is 0 Å². The second-order valence-corrected chi connectivity index (χ2v) is 5.47. The van der Waals surface area contributed by atoms with Crippen molar-refractivity contribution in [1.29, 1.82) is 0 Å². The van der Waals surface area contributed by atoms with Gasteiger partial charge in [-0.3, -0.25) is 0 Å². The lowest BCUT2D eigenvalue weighted by Gasteiger charge is -2.28. The predicted octanol–water partition coefficient (Wildman–Crippen LogP) is 2.89. The molecule has 1 N–H and O–H groups in total. The molecule has 0 aromatic carbocycles. The second-order valence-electron chi connectivity index (χ2n) is 5.47. The highest BCUT2D eigenvalue weighted by Gasteiger charge is 2.35. The van der Waals surface area contributed by atoms with Crippen molar-refractivity contribution in [3.63, 3.8) is 0 Å². The minimum atomic E-state index is 0.629. The van der Waals surface area contributed by atoms with Crippen molar-refractivity contribution in [2.24, 2.45) is 5.41 Å². The van der Waals surface area contributed by atoms with Crippen LogP contribution in [0.3, 0.4) is 0 Å². The first-order valence-corrected chi connectivity index (χ1v) is 7.09. The van der Waals surface area contributed by atoms with Crippen molar-refractivity contribution >= 4 is 0 Å². The van der Waals surface area contributed by atoms with Crippen LogP contribution < -0.4 is 5.32 Å². The van der Waals surface area contributed by atoms with Gasteiger partial charge in [0.1, 0.15) is 0 Å². The van der Waals surface area contributed by atoms with Gasteiger partial charge in [-0.1, -0.05) is 27.2 Å². The summed E-state index contributed by atoms with van der Waals surface area (Å²) in [4.78, 5) is 2.67. The molecule has 0 amide bonds. The van der Waals surface area contributed by atoms with Gasteiger partial charge in [0.25, 0.3) is 0 Å². The number of hydrogen-bond donors (Lipinski definition) is 1. The highest BCUT2D eigenvalue weighted by molar-refractivity contribution is 4.89. The number of rotatable bonds is 7. The van der Waals surface area contributed by atoms with Crippen LogP contribution in [0.5, 0.6) is 0 Å². The smallest absolute Gasteiger partial charge is 0.0191 e. The zero-order valence-corrected chi connectivity index (χ0v) is 11.7. The Morgan fingerprint density at radius 1 is 1.25 bits per heavy atom. The molecule has 1 unspecified atom stereocenters. The van der Waals surface area contributed by atoms with Gasteiger partial charge in [-0.2, -0.15) is 0 Å². The Labute approximate surface area is 102 Å². The molecule has 1 saturated heterocycles. The van der Waals surface area contributed by atoms with Crippen LogP contribution in [0.4, 0.5) is 0 Å². The zero-order valence-electron chi connectivity index (χ0n) is 11.7. The topological polar surface area (TPSA) is 15.3 Å². The van der Waals surface area contributed by atoms with Gasteiger partial charge in [0.15, 0.2) is 0 Å². The third kappa shape index (κ3) is 3.46. The van der Waals surface area contributed by atoms with Gasteiger partial charge in [0, 0.05) is 19.1 Å². The molecule has 1 fully saturated rings. The summed E-state index contributed by atoms with van der Waals surface area (Å²) in [6, 6.07) is 0.689. The van der Waals surface area contributed by atoms with E-state index in [1.165, 1.54) is 51.7 Å². The summed E-state index contributed by atoms with van der Waals surface area (Å²) < 4.78 is 0. The minimum Gasteiger partial charge on any atom is -0.316 e. The molecule has 96 valence electrons.